The van der Waals surface area contributed by atoms with Gasteiger partial charge in [0.25, 0.3) is 0 Å². The number of phenolic OH excluding ortho intramolecular Hbond substituents is 6. The third-order valence-corrected chi connectivity index (χ3v) is 4.36. The summed E-state index contributed by atoms with van der Waals surface area (Å²) in [6.07, 6.45) is 0.00477. The van der Waals surface area contributed by atoms with E-state index < -0.39 is 58.1 Å². The van der Waals surface area contributed by atoms with Gasteiger partial charge in [0.2, 0.25) is 11.8 Å². The molecular formula is C21H24N4O8. The van der Waals surface area contributed by atoms with Crippen molar-refractivity contribution in [1.82, 2.24) is 5.32 Å². The number of rotatable bonds is 6. The van der Waals surface area contributed by atoms with Crippen molar-refractivity contribution in [1.29, 1.82) is 10.5 Å². The molecule has 2 amide bonds. The minimum absolute atomic E-state index is 0. The van der Waals surface area contributed by atoms with E-state index in [4.69, 9.17) is 26.5 Å². The van der Waals surface area contributed by atoms with E-state index in [0.717, 1.165) is 12.1 Å². The molecule has 0 aliphatic heterocycles. The number of hydrogen-bond donors (Lipinski definition) is 8. The van der Waals surface area contributed by atoms with E-state index in [1.807, 2.05) is 6.07 Å². The first-order valence-electron chi connectivity index (χ1n) is 9.22. The second kappa shape index (κ2) is 11.5. The maximum absolute atomic E-state index is 11.3. The Morgan fingerprint density at radius 1 is 0.848 bits per heavy atom. The van der Waals surface area contributed by atoms with Gasteiger partial charge in [-0.25, -0.2) is 0 Å². The average Bonchev–Trinajstić information content (AvgIpc) is 2.77. The molecule has 0 saturated heterocycles. The predicted molar refractivity (Wildman–Crippen MR) is 114 cm³/mol. The van der Waals surface area contributed by atoms with Gasteiger partial charge in [0, 0.05) is 8.47 Å². The number of nitrogens with two attached hydrogens (primary N) is 1. The molecule has 0 aliphatic rings. The highest BCUT2D eigenvalue weighted by atomic mass is 16.3. The summed E-state index contributed by atoms with van der Waals surface area (Å²) >= 11 is 0. The largest absolute Gasteiger partial charge is 0.504 e. The Balaban J connectivity index is 0.000000623. The second-order valence-electron chi connectivity index (χ2n) is 6.75. The van der Waals surface area contributed by atoms with Crippen molar-refractivity contribution in [3.05, 3.63) is 35.4 Å². The standard InChI is InChI=1S/C11H12N2O4.C10H10N2O4.H2/c1-13-11(17)7(5-12)2-6-3-8(14)10(16)9(15)4-6;11-4-6(10(12)16)1-5-2-7(13)9(15)8(14)3-5;/h3-4,7,14-16H,2H2,1H3,(H,13,17);2-3,6,13-15H,1H2,(H2,12,16);1H. The normalized spacial score (nSPS) is 11.6. The maximum atomic E-state index is 11.3. The molecule has 2 atom stereocenters. The first-order valence-corrected chi connectivity index (χ1v) is 9.22. The van der Waals surface area contributed by atoms with Gasteiger partial charge < -0.3 is 41.7 Å². The van der Waals surface area contributed by atoms with Crippen LogP contribution >= 0.6 is 0 Å². The van der Waals surface area contributed by atoms with Gasteiger partial charge in [-0.1, -0.05) is 0 Å². The van der Waals surface area contributed by atoms with Crippen LogP contribution in [0.25, 0.3) is 0 Å². The van der Waals surface area contributed by atoms with Crippen LogP contribution in [0.1, 0.15) is 12.6 Å². The number of primary amides is 1. The maximum Gasteiger partial charge on any atom is 0.237 e. The molecule has 176 valence electrons. The predicted octanol–water partition coefficient (Wildman–Crippen LogP) is 0.449. The number of benzene rings is 2. The van der Waals surface area contributed by atoms with Crippen molar-refractivity contribution in [2.75, 3.05) is 7.05 Å². The monoisotopic (exact) mass is 460 g/mol. The van der Waals surface area contributed by atoms with E-state index in [0.29, 0.717) is 11.1 Å². The number of carbonyl (C=O) groups excluding carboxylic acids is 2. The van der Waals surface area contributed by atoms with Crippen LogP contribution in [0.2, 0.25) is 0 Å². The summed E-state index contributed by atoms with van der Waals surface area (Å²) in [5.74, 6) is -6.46. The number of phenols is 6. The molecule has 0 heterocycles. The highest BCUT2D eigenvalue weighted by Gasteiger charge is 2.19. The topological polar surface area (TPSA) is 241 Å². The van der Waals surface area contributed by atoms with Crippen molar-refractivity contribution in [2.45, 2.75) is 12.8 Å². The number of nitriles is 2. The SMILES string of the molecule is CNC(=O)C(C#N)Cc1cc(O)c(O)c(O)c1.N#CC(Cc1cc(O)c(O)c(O)c1)C(N)=O.[HH]. The van der Waals surface area contributed by atoms with Crippen molar-refractivity contribution in [3.8, 4) is 46.6 Å². The summed E-state index contributed by atoms with van der Waals surface area (Å²) in [7, 11) is 1.42. The molecular weight excluding hydrogens is 436 g/mol. The van der Waals surface area contributed by atoms with Crippen LogP contribution < -0.4 is 11.1 Å². The van der Waals surface area contributed by atoms with Gasteiger partial charge in [-0.05, 0) is 48.2 Å². The van der Waals surface area contributed by atoms with Crippen molar-refractivity contribution < 1.29 is 41.7 Å². The zero-order chi connectivity index (χ0) is 25.3. The molecule has 0 fully saturated rings. The van der Waals surface area contributed by atoms with Gasteiger partial charge in [-0.3, -0.25) is 9.59 Å². The zero-order valence-corrected chi connectivity index (χ0v) is 17.3. The fourth-order valence-electron chi connectivity index (χ4n) is 2.61. The molecule has 9 N–H and O–H groups in total. The Labute approximate surface area is 189 Å². The fourth-order valence-corrected chi connectivity index (χ4v) is 2.61. The number of amides is 2. The minimum atomic E-state index is -1.04. The molecule has 12 nitrogen and oxygen atoms in total. The molecule has 0 aliphatic carbocycles. The third-order valence-electron chi connectivity index (χ3n) is 4.36. The summed E-state index contributed by atoms with van der Waals surface area (Å²) in [6, 6.07) is 8.22. The molecule has 12 heteroatoms. The number of aromatic hydroxyl groups is 6. The number of nitrogens with one attached hydrogen (secondary N) is 1. The molecule has 2 unspecified atom stereocenters. The van der Waals surface area contributed by atoms with Gasteiger partial charge >= 0.3 is 0 Å². The summed E-state index contributed by atoms with van der Waals surface area (Å²) in [4.78, 5) is 22.1. The van der Waals surface area contributed by atoms with E-state index >= 15 is 0 Å². The Kier molecular flexibility index (Phi) is 9.15. The lowest BCUT2D eigenvalue weighted by atomic mass is 9.99. The van der Waals surface area contributed by atoms with Gasteiger partial charge in [-0.2, -0.15) is 10.5 Å². The molecule has 0 spiro atoms. The lowest BCUT2D eigenvalue weighted by Crippen LogP contribution is -2.27. The van der Waals surface area contributed by atoms with Gasteiger partial charge in [0.15, 0.2) is 34.5 Å². The minimum Gasteiger partial charge on any atom is -0.504 e. The van der Waals surface area contributed by atoms with Crippen LogP contribution in [0.15, 0.2) is 24.3 Å². The average molecular weight is 460 g/mol. The van der Waals surface area contributed by atoms with Crippen molar-refractivity contribution in [3.63, 3.8) is 0 Å². The molecule has 2 aromatic carbocycles. The molecule has 0 radical (unpaired) electrons. The molecule has 0 aromatic heterocycles. The van der Waals surface area contributed by atoms with Crippen LogP contribution in [0.4, 0.5) is 0 Å². The fraction of sp³-hybridized carbons (Fsp3) is 0.238. The Hall–Kier alpha value is -4.84. The summed E-state index contributed by atoms with van der Waals surface area (Å²) in [5, 5.41) is 74.9. The molecule has 2 aromatic rings. The molecule has 0 saturated carbocycles. The van der Waals surface area contributed by atoms with Crippen LogP contribution in [0.3, 0.4) is 0 Å². The van der Waals surface area contributed by atoms with Crippen LogP contribution in [0, 0.1) is 34.5 Å². The first kappa shape index (κ1) is 26.2. The molecule has 33 heavy (non-hydrogen) atoms. The number of hydrogen-bond acceptors (Lipinski definition) is 10. The van der Waals surface area contributed by atoms with E-state index in [9.17, 15) is 30.0 Å². The first-order chi connectivity index (χ1) is 15.4. The van der Waals surface area contributed by atoms with E-state index in [-0.39, 0.29) is 14.3 Å². The summed E-state index contributed by atoms with van der Waals surface area (Å²) in [5.41, 5.74) is 5.68. The second-order valence-corrected chi connectivity index (χ2v) is 6.75. The molecule has 0 bridgehead atoms. The lowest BCUT2D eigenvalue weighted by molar-refractivity contribution is -0.123. The Morgan fingerprint density at radius 2 is 1.18 bits per heavy atom. The van der Waals surface area contributed by atoms with Gasteiger partial charge in [0.05, 0.1) is 12.1 Å². The Morgan fingerprint density at radius 3 is 1.45 bits per heavy atom. The van der Waals surface area contributed by atoms with E-state index in [1.54, 1.807) is 6.07 Å². The van der Waals surface area contributed by atoms with E-state index in [1.165, 1.54) is 19.2 Å². The van der Waals surface area contributed by atoms with Crippen molar-refractivity contribution >= 4 is 11.8 Å². The van der Waals surface area contributed by atoms with Crippen LogP contribution in [-0.2, 0) is 22.4 Å². The van der Waals surface area contributed by atoms with Gasteiger partial charge in [0.1, 0.15) is 11.8 Å². The summed E-state index contributed by atoms with van der Waals surface area (Å²) < 4.78 is 0. The Bertz CT molecular complexity index is 1080. The number of carbonyl (C=O) groups is 2. The van der Waals surface area contributed by atoms with Gasteiger partial charge in [-0.15, -0.1) is 0 Å². The zero-order valence-electron chi connectivity index (χ0n) is 17.3. The quantitative estimate of drug-likeness (QED) is 0.277. The molecule has 2 rings (SSSR count). The lowest BCUT2D eigenvalue weighted by Gasteiger charge is -2.09. The summed E-state index contributed by atoms with van der Waals surface area (Å²) in [6.45, 7) is 0. The number of nitrogens with zero attached hydrogens (tertiary/aromatic N) is 2. The van der Waals surface area contributed by atoms with E-state index in [2.05, 4.69) is 5.32 Å². The van der Waals surface area contributed by atoms with Crippen LogP contribution in [-0.4, -0.2) is 49.5 Å². The van der Waals surface area contributed by atoms with Crippen molar-refractivity contribution in [2.24, 2.45) is 17.6 Å². The van der Waals surface area contributed by atoms with Crippen LogP contribution in [0.5, 0.6) is 34.5 Å². The highest BCUT2D eigenvalue weighted by Crippen LogP contribution is 2.36. The highest BCUT2D eigenvalue weighted by molar-refractivity contribution is 5.81. The third kappa shape index (κ3) is 7.11. The smallest absolute Gasteiger partial charge is 0.237 e.